The molecule has 1 aromatic rings. The Morgan fingerprint density at radius 1 is 1.16 bits per heavy atom. The average Bonchev–Trinajstić information content (AvgIpc) is 2.86. The number of amides is 2. The van der Waals surface area contributed by atoms with Crippen molar-refractivity contribution in [3.63, 3.8) is 0 Å². The standard InChI is InChI=1S/C15H17N3O/c19-15-16-10-14(17-15)11-18-8-6-13(7-9-18)12-4-2-1-3-5-12/h1-5,10,13H,6-9,11H2. The van der Waals surface area contributed by atoms with Crippen LogP contribution in [0.5, 0.6) is 0 Å². The van der Waals surface area contributed by atoms with Crippen molar-refractivity contribution in [1.29, 1.82) is 0 Å². The van der Waals surface area contributed by atoms with E-state index >= 15 is 0 Å². The van der Waals surface area contributed by atoms with Crippen LogP contribution in [0.2, 0.25) is 0 Å². The molecule has 0 aromatic heterocycles. The second-order valence-corrected chi connectivity index (χ2v) is 5.11. The van der Waals surface area contributed by atoms with Crippen LogP contribution in [0.25, 0.3) is 0 Å². The van der Waals surface area contributed by atoms with E-state index in [4.69, 9.17) is 0 Å². The third-order valence-corrected chi connectivity index (χ3v) is 3.81. The Balaban J connectivity index is 1.54. The van der Waals surface area contributed by atoms with Crippen molar-refractivity contribution in [1.82, 2.24) is 4.90 Å². The number of benzene rings is 1. The van der Waals surface area contributed by atoms with Gasteiger partial charge < -0.3 is 0 Å². The summed E-state index contributed by atoms with van der Waals surface area (Å²) in [5, 5.41) is 0. The van der Waals surface area contributed by atoms with Gasteiger partial charge in [-0.3, -0.25) is 4.90 Å². The zero-order chi connectivity index (χ0) is 13.1. The van der Waals surface area contributed by atoms with E-state index in [9.17, 15) is 4.79 Å². The summed E-state index contributed by atoms with van der Waals surface area (Å²) < 4.78 is 0. The molecule has 0 bridgehead atoms. The van der Waals surface area contributed by atoms with Gasteiger partial charge in [-0.2, -0.15) is 9.98 Å². The summed E-state index contributed by atoms with van der Waals surface area (Å²) >= 11 is 0. The van der Waals surface area contributed by atoms with Gasteiger partial charge in [-0.05, 0) is 37.4 Å². The third-order valence-electron chi connectivity index (χ3n) is 3.81. The van der Waals surface area contributed by atoms with Gasteiger partial charge in [0.25, 0.3) is 0 Å². The maximum absolute atomic E-state index is 10.9. The fraction of sp³-hybridized carbons (Fsp3) is 0.400. The Hall–Kier alpha value is -1.81. The number of urea groups is 1. The molecule has 0 aliphatic carbocycles. The van der Waals surface area contributed by atoms with Crippen LogP contribution in [0.15, 0.2) is 40.3 Å². The van der Waals surface area contributed by atoms with Gasteiger partial charge in [0.1, 0.15) is 0 Å². The zero-order valence-electron chi connectivity index (χ0n) is 10.8. The summed E-state index contributed by atoms with van der Waals surface area (Å²) in [6.45, 7) is 2.86. The normalized spacial score (nSPS) is 20.8. The van der Waals surface area contributed by atoms with Gasteiger partial charge in [0, 0.05) is 6.54 Å². The Labute approximate surface area is 112 Å². The van der Waals surface area contributed by atoms with Crippen LogP contribution >= 0.6 is 0 Å². The molecular weight excluding hydrogens is 238 g/mol. The Morgan fingerprint density at radius 2 is 1.89 bits per heavy atom. The second-order valence-electron chi connectivity index (χ2n) is 5.11. The van der Waals surface area contributed by atoms with Crippen molar-refractivity contribution < 1.29 is 4.79 Å². The summed E-state index contributed by atoms with van der Waals surface area (Å²) in [6, 6.07) is 10.3. The van der Waals surface area contributed by atoms with E-state index in [1.807, 2.05) is 0 Å². The van der Waals surface area contributed by atoms with E-state index in [1.54, 1.807) is 6.21 Å². The lowest BCUT2D eigenvalue weighted by atomic mass is 9.89. The highest BCUT2D eigenvalue weighted by Crippen LogP contribution is 2.27. The van der Waals surface area contributed by atoms with Gasteiger partial charge in [0.05, 0.1) is 11.9 Å². The fourth-order valence-corrected chi connectivity index (χ4v) is 2.77. The number of carbonyl (C=O) groups is 1. The largest absolute Gasteiger partial charge is 0.367 e. The minimum Gasteiger partial charge on any atom is -0.297 e. The first-order valence-corrected chi connectivity index (χ1v) is 6.74. The smallest absolute Gasteiger partial charge is 0.297 e. The minimum absolute atomic E-state index is 0.367. The first-order chi connectivity index (χ1) is 9.31. The molecule has 0 radical (unpaired) electrons. The monoisotopic (exact) mass is 255 g/mol. The molecule has 3 rings (SSSR count). The van der Waals surface area contributed by atoms with E-state index in [1.165, 1.54) is 18.4 Å². The van der Waals surface area contributed by atoms with Crippen molar-refractivity contribution in [2.24, 2.45) is 9.98 Å². The number of likely N-dealkylation sites (tertiary alicyclic amines) is 1. The molecule has 0 saturated carbocycles. The van der Waals surface area contributed by atoms with Crippen LogP contribution in [-0.2, 0) is 0 Å². The van der Waals surface area contributed by atoms with Crippen molar-refractivity contribution >= 4 is 18.0 Å². The maximum Gasteiger partial charge on any atom is 0.367 e. The van der Waals surface area contributed by atoms with Crippen LogP contribution in [0.4, 0.5) is 4.79 Å². The molecule has 4 nitrogen and oxygen atoms in total. The molecule has 4 heteroatoms. The zero-order valence-corrected chi connectivity index (χ0v) is 10.8. The predicted molar refractivity (Wildman–Crippen MR) is 76.2 cm³/mol. The molecule has 1 aromatic carbocycles. The summed E-state index contributed by atoms with van der Waals surface area (Å²) in [5.74, 6) is 0.665. The lowest BCUT2D eigenvalue weighted by Crippen LogP contribution is -2.36. The third kappa shape index (κ3) is 2.96. The van der Waals surface area contributed by atoms with E-state index in [2.05, 4.69) is 45.2 Å². The number of aliphatic imine (C=N–C) groups is 2. The van der Waals surface area contributed by atoms with Gasteiger partial charge >= 0.3 is 6.03 Å². The van der Waals surface area contributed by atoms with Crippen LogP contribution in [0, 0.1) is 0 Å². The van der Waals surface area contributed by atoms with E-state index in [0.717, 1.165) is 25.3 Å². The summed E-state index contributed by atoms with van der Waals surface area (Å²) in [5.41, 5.74) is 2.24. The first-order valence-electron chi connectivity index (χ1n) is 6.74. The molecule has 2 aliphatic rings. The SMILES string of the molecule is O=C1N=CC(CN2CCC(c3ccccc3)CC2)=N1. The Kier molecular flexibility index (Phi) is 3.51. The van der Waals surface area contributed by atoms with Crippen molar-refractivity contribution in [2.75, 3.05) is 19.6 Å². The fourth-order valence-electron chi connectivity index (χ4n) is 2.77. The van der Waals surface area contributed by atoms with Crippen molar-refractivity contribution in [2.45, 2.75) is 18.8 Å². The molecule has 0 unspecified atom stereocenters. The van der Waals surface area contributed by atoms with Crippen molar-refractivity contribution in [3.8, 4) is 0 Å². The summed E-state index contributed by atoms with van der Waals surface area (Å²) in [6.07, 6.45) is 3.93. The first kappa shape index (κ1) is 12.2. The van der Waals surface area contributed by atoms with Crippen LogP contribution in [-0.4, -0.2) is 42.5 Å². The number of piperidine rings is 1. The molecule has 1 fully saturated rings. The quantitative estimate of drug-likeness (QED) is 0.833. The molecule has 0 atom stereocenters. The molecule has 0 N–H and O–H groups in total. The molecule has 0 spiro atoms. The maximum atomic E-state index is 10.9. The van der Waals surface area contributed by atoms with Crippen LogP contribution in [0.3, 0.4) is 0 Å². The van der Waals surface area contributed by atoms with Gasteiger partial charge in [-0.1, -0.05) is 30.3 Å². The van der Waals surface area contributed by atoms with Crippen LogP contribution < -0.4 is 0 Å². The second kappa shape index (κ2) is 5.45. The number of hydrogen-bond acceptors (Lipinski definition) is 2. The molecule has 2 aliphatic heterocycles. The van der Waals surface area contributed by atoms with Gasteiger partial charge in [-0.15, -0.1) is 0 Å². The number of hydrogen-bond donors (Lipinski definition) is 0. The Bertz CT molecular complexity index is 513. The Morgan fingerprint density at radius 3 is 2.53 bits per heavy atom. The van der Waals surface area contributed by atoms with Gasteiger partial charge in [0.2, 0.25) is 0 Å². The van der Waals surface area contributed by atoms with Crippen molar-refractivity contribution in [3.05, 3.63) is 35.9 Å². The molecule has 1 saturated heterocycles. The highest BCUT2D eigenvalue weighted by Gasteiger charge is 2.21. The lowest BCUT2D eigenvalue weighted by molar-refractivity contribution is 0.239. The van der Waals surface area contributed by atoms with E-state index in [0.29, 0.717) is 5.92 Å². The highest BCUT2D eigenvalue weighted by molar-refractivity contribution is 6.38. The topological polar surface area (TPSA) is 45.0 Å². The summed E-state index contributed by atoms with van der Waals surface area (Å²) in [4.78, 5) is 20.8. The molecule has 2 heterocycles. The highest BCUT2D eigenvalue weighted by atomic mass is 16.2. The molecular formula is C15H17N3O. The molecule has 98 valence electrons. The van der Waals surface area contributed by atoms with Crippen LogP contribution in [0.1, 0.15) is 24.3 Å². The predicted octanol–water partition coefficient (Wildman–Crippen LogP) is 2.51. The van der Waals surface area contributed by atoms with Gasteiger partial charge in [-0.25, -0.2) is 4.79 Å². The number of nitrogens with zero attached hydrogens (tertiary/aromatic N) is 3. The van der Waals surface area contributed by atoms with Gasteiger partial charge in [0.15, 0.2) is 0 Å². The molecule has 2 amide bonds. The van der Waals surface area contributed by atoms with E-state index in [-0.39, 0.29) is 6.03 Å². The van der Waals surface area contributed by atoms with E-state index < -0.39 is 0 Å². The number of carbonyl (C=O) groups excluding carboxylic acids is 1. The summed E-state index contributed by atoms with van der Waals surface area (Å²) in [7, 11) is 0. The molecule has 19 heavy (non-hydrogen) atoms. The lowest BCUT2D eigenvalue weighted by Gasteiger charge is -2.31. The number of rotatable bonds is 3. The minimum atomic E-state index is -0.367. The average molecular weight is 255 g/mol.